The highest BCUT2D eigenvalue weighted by molar-refractivity contribution is 6.06. The first-order valence-electron chi connectivity index (χ1n) is 6.93. The number of hydrogen-bond donors (Lipinski definition) is 1. The van der Waals surface area contributed by atoms with Crippen LogP contribution < -0.4 is 5.32 Å². The number of urea groups is 1. The number of likely N-dealkylation sites (N-methyl/N-ethyl adjacent to an activating group) is 1. The molecule has 6 nitrogen and oxygen atoms in total. The Labute approximate surface area is 112 Å². The number of nitrogens with one attached hydrogen (secondary N) is 1. The first-order chi connectivity index (χ1) is 9.03. The summed E-state index contributed by atoms with van der Waals surface area (Å²) in [5, 5.41) is 2.78. The Kier molecular flexibility index (Phi) is 2.76. The van der Waals surface area contributed by atoms with Crippen LogP contribution in [0, 0.1) is 5.92 Å². The van der Waals surface area contributed by atoms with Gasteiger partial charge in [0.1, 0.15) is 5.54 Å². The van der Waals surface area contributed by atoms with Crippen LogP contribution in [0.3, 0.4) is 0 Å². The number of carbonyl (C=O) groups excluding carboxylic acids is 3. The lowest BCUT2D eigenvalue weighted by atomic mass is 9.82. The lowest BCUT2D eigenvalue weighted by Gasteiger charge is -2.39. The molecule has 6 heteroatoms. The minimum absolute atomic E-state index is 0.159. The molecule has 3 rings (SSSR count). The minimum atomic E-state index is -0.762. The third-order valence-electron chi connectivity index (χ3n) is 4.75. The van der Waals surface area contributed by atoms with Crippen molar-refractivity contribution in [3.8, 4) is 0 Å². The molecule has 0 unspecified atom stereocenters. The molecule has 2 heterocycles. The van der Waals surface area contributed by atoms with E-state index in [9.17, 15) is 14.4 Å². The molecular weight excluding hydrogens is 246 g/mol. The van der Waals surface area contributed by atoms with Crippen molar-refractivity contribution in [1.29, 1.82) is 0 Å². The number of amides is 4. The second-order valence-corrected chi connectivity index (χ2v) is 5.83. The van der Waals surface area contributed by atoms with Gasteiger partial charge in [0.05, 0.1) is 0 Å². The molecule has 3 fully saturated rings. The highest BCUT2D eigenvalue weighted by Crippen LogP contribution is 2.32. The fourth-order valence-corrected chi connectivity index (χ4v) is 3.12. The molecule has 1 aliphatic carbocycles. The average Bonchev–Trinajstić information content (AvgIpc) is 2.53. The van der Waals surface area contributed by atoms with Crippen molar-refractivity contribution >= 4 is 17.8 Å². The standard InChI is InChI=1S/C13H19N3O3/c1-15-11(18)13(14-12(15)19)5-7-16(8-6-13)10(17)9-3-2-4-9/h9H,2-8H2,1H3,(H,14,19). The maximum absolute atomic E-state index is 12.1. The zero-order valence-corrected chi connectivity index (χ0v) is 11.1. The number of hydrogen-bond acceptors (Lipinski definition) is 3. The molecule has 0 aromatic rings. The van der Waals surface area contributed by atoms with Crippen LogP contribution in [-0.2, 0) is 9.59 Å². The SMILES string of the molecule is CN1C(=O)NC2(CCN(C(=O)C3CCC3)CC2)C1=O. The van der Waals surface area contributed by atoms with Crippen LogP contribution >= 0.6 is 0 Å². The van der Waals surface area contributed by atoms with Crippen LogP contribution in [0.4, 0.5) is 4.79 Å². The van der Waals surface area contributed by atoms with E-state index in [4.69, 9.17) is 0 Å². The number of rotatable bonds is 1. The summed E-state index contributed by atoms with van der Waals surface area (Å²) in [7, 11) is 1.50. The highest BCUT2D eigenvalue weighted by Gasteiger charge is 2.51. The number of piperidine rings is 1. The average molecular weight is 265 g/mol. The number of likely N-dealkylation sites (tertiary alicyclic amines) is 1. The Morgan fingerprint density at radius 1 is 1.26 bits per heavy atom. The molecule has 1 spiro atoms. The van der Waals surface area contributed by atoms with Crippen molar-refractivity contribution in [3.05, 3.63) is 0 Å². The molecule has 1 saturated carbocycles. The van der Waals surface area contributed by atoms with E-state index >= 15 is 0 Å². The van der Waals surface area contributed by atoms with Gasteiger partial charge in [-0.05, 0) is 25.7 Å². The molecule has 104 valence electrons. The number of imide groups is 1. The van der Waals surface area contributed by atoms with Crippen LogP contribution in [0.1, 0.15) is 32.1 Å². The fraction of sp³-hybridized carbons (Fsp3) is 0.769. The highest BCUT2D eigenvalue weighted by atomic mass is 16.2. The Hall–Kier alpha value is -1.59. The molecular formula is C13H19N3O3. The van der Waals surface area contributed by atoms with Gasteiger partial charge in [0, 0.05) is 26.1 Å². The third kappa shape index (κ3) is 1.81. The van der Waals surface area contributed by atoms with Gasteiger partial charge in [-0.2, -0.15) is 0 Å². The quantitative estimate of drug-likeness (QED) is 0.695. The molecule has 0 aromatic carbocycles. The first kappa shape index (κ1) is 12.4. The van der Waals surface area contributed by atoms with E-state index in [1.807, 2.05) is 4.90 Å². The summed E-state index contributed by atoms with van der Waals surface area (Å²) >= 11 is 0. The van der Waals surface area contributed by atoms with E-state index in [-0.39, 0.29) is 23.8 Å². The molecule has 0 atom stereocenters. The van der Waals surface area contributed by atoms with Crippen molar-refractivity contribution in [3.63, 3.8) is 0 Å². The lowest BCUT2D eigenvalue weighted by molar-refractivity contribution is -0.142. The Bertz CT molecular complexity index is 436. The van der Waals surface area contributed by atoms with Gasteiger partial charge in [-0.25, -0.2) is 4.79 Å². The molecule has 3 aliphatic rings. The molecule has 0 bridgehead atoms. The summed E-state index contributed by atoms with van der Waals surface area (Å²) < 4.78 is 0. The number of nitrogens with zero attached hydrogens (tertiary/aromatic N) is 2. The van der Waals surface area contributed by atoms with Gasteiger partial charge < -0.3 is 10.2 Å². The van der Waals surface area contributed by atoms with Crippen LogP contribution in [0.25, 0.3) is 0 Å². The second kappa shape index (κ2) is 4.21. The molecule has 2 aliphatic heterocycles. The summed E-state index contributed by atoms with van der Waals surface area (Å²) in [4.78, 5) is 38.8. The normalized spacial score (nSPS) is 26.6. The van der Waals surface area contributed by atoms with Gasteiger partial charge >= 0.3 is 6.03 Å². The summed E-state index contributed by atoms with van der Waals surface area (Å²) in [6.45, 7) is 1.13. The molecule has 1 N–H and O–H groups in total. The van der Waals surface area contributed by atoms with E-state index in [1.54, 1.807) is 0 Å². The molecule has 19 heavy (non-hydrogen) atoms. The maximum Gasteiger partial charge on any atom is 0.324 e. The zero-order valence-electron chi connectivity index (χ0n) is 11.1. The third-order valence-corrected chi connectivity index (χ3v) is 4.75. The van der Waals surface area contributed by atoms with E-state index in [0.717, 1.165) is 24.2 Å². The fourth-order valence-electron chi connectivity index (χ4n) is 3.12. The van der Waals surface area contributed by atoms with Crippen molar-refractivity contribution in [1.82, 2.24) is 15.1 Å². The predicted octanol–water partition coefficient (Wildman–Crippen LogP) is 0.329. The zero-order chi connectivity index (χ0) is 13.6. The van der Waals surface area contributed by atoms with Gasteiger partial charge in [0.25, 0.3) is 5.91 Å². The van der Waals surface area contributed by atoms with Gasteiger partial charge in [-0.3, -0.25) is 14.5 Å². The smallest absolute Gasteiger partial charge is 0.324 e. The van der Waals surface area contributed by atoms with E-state index in [0.29, 0.717) is 25.9 Å². The second-order valence-electron chi connectivity index (χ2n) is 5.83. The van der Waals surface area contributed by atoms with Crippen LogP contribution in [0.15, 0.2) is 0 Å². The topological polar surface area (TPSA) is 69.7 Å². The Morgan fingerprint density at radius 3 is 2.32 bits per heavy atom. The number of carbonyl (C=O) groups is 3. The Morgan fingerprint density at radius 2 is 1.89 bits per heavy atom. The molecule has 0 radical (unpaired) electrons. The summed E-state index contributed by atoms with van der Waals surface area (Å²) in [5.74, 6) is 0.269. The molecule has 4 amide bonds. The minimum Gasteiger partial charge on any atom is -0.342 e. The van der Waals surface area contributed by atoms with Crippen LogP contribution in [0.2, 0.25) is 0 Å². The first-order valence-corrected chi connectivity index (χ1v) is 6.93. The van der Waals surface area contributed by atoms with E-state index in [1.165, 1.54) is 7.05 Å². The largest absolute Gasteiger partial charge is 0.342 e. The van der Waals surface area contributed by atoms with Crippen molar-refractivity contribution < 1.29 is 14.4 Å². The summed E-state index contributed by atoms with van der Waals surface area (Å²) in [6.07, 6.45) is 4.20. The van der Waals surface area contributed by atoms with Gasteiger partial charge in [-0.1, -0.05) is 6.42 Å². The summed E-state index contributed by atoms with van der Waals surface area (Å²) in [5.41, 5.74) is -0.762. The lowest BCUT2D eigenvalue weighted by Crippen LogP contribution is -2.56. The van der Waals surface area contributed by atoms with Crippen LogP contribution in [-0.4, -0.2) is 53.3 Å². The maximum atomic E-state index is 12.1. The van der Waals surface area contributed by atoms with Crippen molar-refractivity contribution in [2.75, 3.05) is 20.1 Å². The van der Waals surface area contributed by atoms with E-state index < -0.39 is 5.54 Å². The van der Waals surface area contributed by atoms with Gasteiger partial charge in [-0.15, -0.1) is 0 Å². The Balaban J connectivity index is 1.64. The molecule has 0 aromatic heterocycles. The van der Waals surface area contributed by atoms with Gasteiger partial charge in [0.15, 0.2) is 0 Å². The summed E-state index contributed by atoms with van der Waals surface area (Å²) in [6, 6.07) is -0.330. The monoisotopic (exact) mass is 265 g/mol. The molecule has 2 saturated heterocycles. The van der Waals surface area contributed by atoms with E-state index in [2.05, 4.69) is 5.32 Å². The van der Waals surface area contributed by atoms with Crippen molar-refractivity contribution in [2.45, 2.75) is 37.6 Å². The van der Waals surface area contributed by atoms with Crippen molar-refractivity contribution in [2.24, 2.45) is 5.92 Å². The van der Waals surface area contributed by atoms with Crippen LogP contribution in [0.5, 0.6) is 0 Å². The van der Waals surface area contributed by atoms with Gasteiger partial charge in [0.2, 0.25) is 5.91 Å². The predicted molar refractivity (Wildman–Crippen MR) is 67.2 cm³/mol.